The second-order valence-corrected chi connectivity index (χ2v) is 20.0. The van der Waals surface area contributed by atoms with Gasteiger partial charge in [-0.3, -0.25) is 0 Å². The Hall–Kier alpha value is -5.78. The molecule has 0 radical (unpaired) electrons. The third-order valence-corrected chi connectivity index (χ3v) is 14.4. The number of ether oxygens (including phenoxy) is 4. The molecule has 10 nitrogen and oxygen atoms in total. The number of hydrogen-bond acceptors (Lipinski definition) is 10. The summed E-state index contributed by atoms with van der Waals surface area (Å²) >= 11 is 0. The first-order valence-electron chi connectivity index (χ1n) is 24.9. The molecule has 0 spiro atoms. The normalized spacial score (nSPS) is 18.7. The highest BCUT2D eigenvalue weighted by Crippen LogP contribution is 2.52. The Kier molecular flexibility index (Phi) is 21.0. The van der Waals surface area contributed by atoms with Gasteiger partial charge in [-0.25, -0.2) is 0 Å². The van der Waals surface area contributed by atoms with E-state index in [4.69, 9.17) is 46.1 Å². The largest absolute Gasteiger partial charge is 0.368 e. The van der Waals surface area contributed by atoms with E-state index in [9.17, 15) is 0 Å². The van der Waals surface area contributed by atoms with Gasteiger partial charge in [-0.1, -0.05) is 243 Å². The average Bonchev–Trinajstić information content (AvgIpc) is 3.47. The highest BCUT2D eigenvalue weighted by atomic mass is 31.2. The van der Waals surface area contributed by atoms with Crippen molar-refractivity contribution in [3.05, 3.63) is 287 Å². The second kappa shape index (κ2) is 29.3. The highest BCUT2D eigenvalue weighted by Gasteiger charge is 2.57. The summed E-state index contributed by atoms with van der Waals surface area (Å²) in [5, 5.41) is 0. The topological polar surface area (TPSA) is 92.3 Å². The fourth-order valence-electron chi connectivity index (χ4n) is 8.39. The summed E-state index contributed by atoms with van der Waals surface area (Å²) in [5.74, 6) is 0. The van der Waals surface area contributed by atoms with Gasteiger partial charge in [-0.2, -0.15) is 0 Å². The first-order valence-corrected chi connectivity index (χ1v) is 27.1. The van der Waals surface area contributed by atoms with Crippen LogP contribution in [0.2, 0.25) is 0 Å². The molecule has 380 valence electrons. The summed E-state index contributed by atoms with van der Waals surface area (Å²) in [4.78, 5) is 0. The lowest BCUT2D eigenvalue weighted by Gasteiger charge is -2.50. The minimum absolute atomic E-state index is 0.210. The number of rotatable bonds is 28. The molecule has 0 unspecified atom stereocenters. The van der Waals surface area contributed by atoms with Crippen LogP contribution in [0.15, 0.2) is 243 Å². The molecule has 1 fully saturated rings. The van der Waals surface area contributed by atoms with Gasteiger partial charge in [0.2, 0.25) is 0 Å². The average molecular weight is 1030 g/mol. The van der Waals surface area contributed by atoms with Crippen LogP contribution in [0.4, 0.5) is 0 Å². The van der Waals surface area contributed by atoms with Gasteiger partial charge in [0.15, 0.2) is 0 Å². The van der Waals surface area contributed by atoms with E-state index in [1.54, 1.807) is 0 Å². The van der Waals surface area contributed by atoms with Crippen LogP contribution in [0, 0.1) is 0 Å². The maximum absolute atomic E-state index is 7.40. The lowest BCUT2D eigenvalue weighted by Crippen LogP contribution is -2.67. The van der Waals surface area contributed by atoms with Crippen molar-refractivity contribution in [3.63, 3.8) is 0 Å². The minimum atomic E-state index is -2.15. The molecule has 0 saturated heterocycles. The van der Waals surface area contributed by atoms with Crippen molar-refractivity contribution < 1.29 is 46.1 Å². The molecule has 8 aromatic carbocycles. The van der Waals surface area contributed by atoms with E-state index in [0.717, 1.165) is 44.5 Å². The first-order chi connectivity index (χ1) is 36.7. The molecule has 1 aliphatic carbocycles. The van der Waals surface area contributed by atoms with Gasteiger partial charge in [-0.05, 0) is 44.5 Å². The highest BCUT2D eigenvalue weighted by molar-refractivity contribution is 7.42. The van der Waals surface area contributed by atoms with Crippen molar-refractivity contribution >= 4 is 17.2 Å². The van der Waals surface area contributed by atoms with E-state index in [0.29, 0.717) is 0 Å². The Balaban J connectivity index is 1.17. The Morgan fingerprint density at radius 2 is 0.365 bits per heavy atom. The smallest absolute Gasteiger partial charge is 0.333 e. The molecule has 0 amide bonds. The monoisotopic (exact) mass is 1030 g/mol. The van der Waals surface area contributed by atoms with Crippen molar-refractivity contribution in [1.82, 2.24) is 0 Å². The fraction of sp³-hybridized carbons (Fsp3) is 0.226. The van der Waals surface area contributed by atoms with Gasteiger partial charge in [-0.15, -0.1) is 0 Å². The predicted molar refractivity (Wildman–Crippen MR) is 289 cm³/mol. The minimum Gasteiger partial charge on any atom is -0.368 e. The maximum atomic E-state index is 7.40. The summed E-state index contributed by atoms with van der Waals surface area (Å²) in [6.45, 7) is 1.76. The van der Waals surface area contributed by atoms with Gasteiger partial charge < -0.3 is 46.1 Å². The molecule has 74 heavy (non-hydrogen) atoms. The van der Waals surface area contributed by atoms with E-state index < -0.39 is 53.8 Å². The van der Waals surface area contributed by atoms with Crippen molar-refractivity contribution in [3.8, 4) is 0 Å². The van der Waals surface area contributed by atoms with Crippen LogP contribution in [-0.2, 0) is 98.9 Å². The standard InChI is InChI=1S/C62H62O10P2/c1-9-25-49(26-10-1)41-63-57-58(64-42-50-27-11-2-12-28-50)60(66-44-52-31-15-4-16-32-52)62(72-74(69-47-55-37-21-7-22-38-55)70-48-56-39-23-8-24-40-56)61(59(57)65-43-51-29-13-3-14-30-51)71-73(67-45-53-33-17-5-18-34-53)68-46-54-35-19-6-20-36-54/h1-40,57-62H,41-48H2/t57-,58-,59+,60+,61-,62+/m1/s1. The molecule has 6 atom stereocenters. The number of benzene rings is 8. The number of hydrogen-bond donors (Lipinski definition) is 0. The Morgan fingerprint density at radius 3 is 0.554 bits per heavy atom. The predicted octanol–water partition coefficient (Wildman–Crippen LogP) is 14.4. The third kappa shape index (κ3) is 16.6. The van der Waals surface area contributed by atoms with Gasteiger partial charge in [0.1, 0.15) is 36.6 Å². The van der Waals surface area contributed by atoms with Crippen molar-refractivity contribution in [1.29, 1.82) is 0 Å². The van der Waals surface area contributed by atoms with Crippen molar-refractivity contribution in [2.24, 2.45) is 0 Å². The van der Waals surface area contributed by atoms with Gasteiger partial charge in [0.05, 0.1) is 52.9 Å². The molecule has 8 aromatic rings. The van der Waals surface area contributed by atoms with Gasteiger partial charge in [0, 0.05) is 0 Å². The fourth-order valence-corrected chi connectivity index (χ4v) is 10.7. The molecule has 1 saturated carbocycles. The zero-order chi connectivity index (χ0) is 50.2. The summed E-state index contributed by atoms with van der Waals surface area (Å²) in [5.41, 5.74) is 7.67. The summed E-state index contributed by atoms with van der Waals surface area (Å²) in [6, 6.07) is 80.2. The van der Waals surface area contributed by atoms with E-state index in [2.05, 4.69) is 0 Å². The SMILES string of the molecule is c1ccc(CO[C@@H]2[C@@H](OCc3ccccc3)[C@H](OCc3ccccc3)[C@H](OP(OCc3ccccc3)OCc3ccccc3)[C@H](OP(OCc3ccccc3)OCc3ccccc3)[C@H]2OCc2ccccc2)cc1. The van der Waals surface area contributed by atoms with Gasteiger partial charge in [0.25, 0.3) is 0 Å². The van der Waals surface area contributed by atoms with Gasteiger partial charge >= 0.3 is 17.2 Å². The maximum Gasteiger partial charge on any atom is 0.333 e. The van der Waals surface area contributed by atoms with Crippen LogP contribution in [0.1, 0.15) is 44.5 Å². The molecule has 9 rings (SSSR count). The lowest BCUT2D eigenvalue weighted by molar-refractivity contribution is -0.267. The lowest BCUT2D eigenvalue weighted by atomic mass is 9.84. The molecule has 0 bridgehead atoms. The van der Waals surface area contributed by atoms with E-state index >= 15 is 0 Å². The molecule has 0 aliphatic heterocycles. The van der Waals surface area contributed by atoms with E-state index in [-0.39, 0.29) is 52.9 Å². The third-order valence-electron chi connectivity index (χ3n) is 12.2. The van der Waals surface area contributed by atoms with E-state index in [1.807, 2.05) is 243 Å². The quantitative estimate of drug-likeness (QED) is 0.0442. The Bertz CT molecular complexity index is 2460. The van der Waals surface area contributed by atoms with Crippen LogP contribution in [0.3, 0.4) is 0 Å². The molecular formula is C62H62O10P2. The summed E-state index contributed by atoms with van der Waals surface area (Å²) in [7, 11) is -4.30. The van der Waals surface area contributed by atoms with Crippen molar-refractivity contribution in [2.75, 3.05) is 0 Å². The van der Waals surface area contributed by atoms with Crippen molar-refractivity contribution in [2.45, 2.75) is 89.5 Å². The van der Waals surface area contributed by atoms with Crippen LogP contribution in [0.25, 0.3) is 0 Å². The Morgan fingerprint density at radius 1 is 0.203 bits per heavy atom. The molecule has 0 aromatic heterocycles. The van der Waals surface area contributed by atoms with Crippen LogP contribution >= 0.6 is 17.2 Å². The zero-order valence-corrected chi connectivity index (χ0v) is 43.0. The first kappa shape index (κ1) is 53.1. The second-order valence-electron chi connectivity index (χ2n) is 17.7. The van der Waals surface area contributed by atoms with E-state index in [1.165, 1.54) is 0 Å². The summed E-state index contributed by atoms with van der Waals surface area (Å²) < 4.78 is 70.6. The van der Waals surface area contributed by atoms with Crippen LogP contribution in [-0.4, -0.2) is 36.6 Å². The molecule has 0 N–H and O–H groups in total. The Labute approximate surface area is 438 Å². The molecule has 0 heterocycles. The van der Waals surface area contributed by atoms with Crippen LogP contribution < -0.4 is 0 Å². The zero-order valence-electron chi connectivity index (χ0n) is 41.2. The molecular weight excluding hydrogens is 967 g/mol. The molecule has 1 aliphatic rings. The summed E-state index contributed by atoms with van der Waals surface area (Å²) in [6.07, 6.45) is -5.38. The van der Waals surface area contributed by atoms with Crippen LogP contribution in [0.5, 0.6) is 0 Å². The molecule has 12 heteroatoms.